The third kappa shape index (κ3) is 3.68. The number of hydrogen-bond acceptors (Lipinski definition) is 3. The highest BCUT2D eigenvalue weighted by atomic mass is 16.5. The summed E-state index contributed by atoms with van der Waals surface area (Å²) in [6.07, 6.45) is 5.30. The van der Waals surface area contributed by atoms with Crippen LogP contribution in [0.15, 0.2) is 11.8 Å². The van der Waals surface area contributed by atoms with E-state index in [1.165, 1.54) is 5.57 Å². The molecule has 3 heteroatoms. The molecule has 0 saturated heterocycles. The second kappa shape index (κ2) is 6.85. The van der Waals surface area contributed by atoms with E-state index in [-0.39, 0.29) is 0 Å². The molecule has 0 bridgehead atoms. The molecule has 1 rings (SSSR count). The van der Waals surface area contributed by atoms with Gasteiger partial charge in [-0.3, -0.25) is 0 Å². The number of rotatable bonds is 6. The van der Waals surface area contributed by atoms with E-state index in [0.717, 1.165) is 39.0 Å². The summed E-state index contributed by atoms with van der Waals surface area (Å²) in [5.74, 6) is 0. The molecule has 0 aromatic carbocycles. The van der Waals surface area contributed by atoms with Crippen molar-refractivity contribution in [2.24, 2.45) is 0 Å². The van der Waals surface area contributed by atoms with Crippen LogP contribution in [0.1, 0.15) is 26.2 Å². The van der Waals surface area contributed by atoms with Gasteiger partial charge in [-0.1, -0.05) is 6.92 Å². The molecule has 1 heterocycles. The average Bonchev–Trinajstić information content (AvgIpc) is 2.25. The van der Waals surface area contributed by atoms with Gasteiger partial charge in [0.1, 0.15) is 0 Å². The molecule has 82 valence electrons. The second-order valence-electron chi connectivity index (χ2n) is 3.63. The van der Waals surface area contributed by atoms with Crippen molar-refractivity contribution in [1.82, 2.24) is 5.32 Å². The Morgan fingerprint density at radius 3 is 3.07 bits per heavy atom. The third-order valence-corrected chi connectivity index (χ3v) is 2.38. The maximum Gasteiger partial charge on any atom is 0.0876 e. The monoisotopic (exact) mass is 199 g/mol. The first kappa shape index (κ1) is 11.5. The van der Waals surface area contributed by atoms with Crippen LogP contribution in [0.5, 0.6) is 0 Å². The minimum absolute atomic E-state index is 0.334. The van der Waals surface area contributed by atoms with Gasteiger partial charge in [0.15, 0.2) is 0 Å². The highest BCUT2D eigenvalue weighted by Gasteiger charge is 2.15. The zero-order valence-electron chi connectivity index (χ0n) is 9.21. The van der Waals surface area contributed by atoms with E-state index in [1.54, 1.807) is 7.11 Å². The Kier molecular flexibility index (Phi) is 5.64. The minimum Gasteiger partial charge on any atom is -0.501 e. The standard InChI is InChI=1S/C11H21NO2/c1-3-6-12-11(9-13-2)10-5-4-7-14-8-10/h8,11-12H,3-7,9H2,1-2H3. The van der Waals surface area contributed by atoms with Crippen LogP contribution in [-0.2, 0) is 9.47 Å². The summed E-state index contributed by atoms with van der Waals surface area (Å²) < 4.78 is 10.5. The quantitative estimate of drug-likeness (QED) is 0.706. The lowest BCUT2D eigenvalue weighted by Crippen LogP contribution is -2.36. The van der Waals surface area contributed by atoms with Gasteiger partial charge in [-0.25, -0.2) is 0 Å². The van der Waals surface area contributed by atoms with E-state index >= 15 is 0 Å². The predicted octanol–water partition coefficient (Wildman–Crippen LogP) is 1.70. The SMILES string of the molecule is CCCNC(COC)C1=COCCC1. The summed E-state index contributed by atoms with van der Waals surface area (Å²) >= 11 is 0. The van der Waals surface area contributed by atoms with E-state index in [0.29, 0.717) is 6.04 Å². The van der Waals surface area contributed by atoms with Crippen LogP contribution in [0.3, 0.4) is 0 Å². The highest BCUT2D eigenvalue weighted by molar-refractivity contribution is 5.10. The highest BCUT2D eigenvalue weighted by Crippen LogP contribution is 2.15. The summed E-state index contributed by atoms with van der Waals surface area (Å²) in [5, 5.41) is 3.47. The first-order valence-corrected chi connectivity index (χ1v) is 5.41. The molecule has 0 radical (unpaired) electrons. The van der Waals surface area contributed by atoms with Crippen LogP contribution >= 0.6 is 0 Å². The largest absolute Gasteiger partial charge is 0.501 e. The molecule has 1 N–H and O–H groups in total. The molecule has 1 atom stereocenters. The molecule has 0 aliphatic carbocycles. The molecule has 0 fully saturated rings. The topological polar surface area (TPSA) is 30.5 Å². The Balaban J connectivity index is 2.42. The predicted molar refractivity (Wildman–Crippen MR) is 57.2 cm³/mol. The number of hydrogen-bond donors (Lipinski definition) is 1. The normalized spacial score (nSPS) is 18.6. The molecule has 1 aliphatic heterocycles. The van der Waals surface area contributed by atoms with Gasteiger partial charge in [0.2, 0.25) is 0 Å². The number of methoxy groups -OCH3 is 1. The molecule has 0 spiro atoms. The van der Waals surface area contributed by atoms with E-state index < -0.39 is 0 Å². The van der Waals surface area contributed by atoms with Crippen LogP contribution < -0.4 is 5.32 Å². The van der Waals surface area contributed by atoms with Crippen LogP contribution in [0.4, 0.5) is 0 Å². The summed E-state index contributed by atoms with van der Waals surface area (Å²) in [6.45, 7) is 4.79. The Morgan fingerprint density at radius 1 is 1.64 bits per heavy atom. The van der Waals surface area contributed by atoms with Crippen molar-refractivity contribution in [2.75, 3.05) is 26.9 Å². The molecule has 1 aliphatic rings. The first-order valence-electron chi connectivity index (χ1n) is 5.41. The maximum atomic E-state index is 5.33. The van der Waals surface area contributed by atoms with Gasteiger partial charge in [0.05, 0.1) is 25.5 Å². The molecule has 0 aromatic heterocycles. The van der Waals surface area contributed by atoms with Gasteiger partial charge in [-0.05, 0) is 31.4 Å². The summed E-state index contributed by atoms with van der Waals surface area (Å²) in [4.78, 5) is 0. The van der Waals surface area contributed by atoms with Gasteiger partial charge in [0, 0.05) is 7.11 Å². The molecule has 0 aromatic rings. The number of ether oxygens (including phenoxy) is 2. The molecule has 0 amide bonds. The van der Waals surface area contributed by atoms with Gasteiger partial charge in [-0.15, -0.1) is 0 Å². The molecule has 0 saturated carbocycles. The third-order valence-electron chi connectivity index (χ3n) is 2.38. The maximum absolute atomic E-state index is 5.33. The van der Waals surface area contributed by atoms with Crippen molar-refractivity contribution in [2.45, 2.75) is 32.2 Å². The second-order valence-corrected chi connectivity index (χ2v) is 3.63. The van der Waals surface area contributed by atoms with E-state index in [9.17, 15) is 0 Å². The van der Waals surface area contributed by atoms with Crippen molar-refractivity contribution in [3.8, 4) is 0 Å². The Labute approximate surface area is 86.5 Å². The van der Waals surface area contributed by atoms with Crippen molar-refractivity contribution in [1.29, 1.82) is 0 Å². The van der Waals surface area contributed by atoms with Crippen molar-refractivity contribution >= 4 is 0 Å². The fourth-order valence-corrected chi connectivity index (χ4v) is 1.62. The van der Waals surface area contributed by atoms with Gasteiger partial charge < -0.3 is 14.8 Å². The van der Waals surface area contributed by atoms with E-state index in [4.69, 9.17) is 9.47 Å². The van der Waals surface area contributed by atoms with Gasteiger partial charge in [-0.2, -0.15) is 0 Å². The lowest BCUT2D eigenvalue weighted by molar-refractivity contribution is 0.164. The molecule has 1 unspecified atom stereocenters. The minimum atomic E-state index is 0.334. The van der Waals surface area contributed by atoms with Crippen molar-refractivity contribution < 1.29 is 9.47 Å². The Bertz CT molecular complexity index is 180. The smallest absolute Gasteiger partial charge is 0.0876 e. The first-order chi connectivity index (χ1) is 6.88. The fraction of sp³-hybridized carbons (Fsp3) is 0.818. The van der Waals surface area contributed by atoms with Gasteiger partial charge >= 0.3 is 0 Å². The molecule has 14 heavy (non-hydrogen) atoms. The van der Waals surface area contributed by atoms with E-state index in [1.807, 2.05) is 6.26 Å². The zero-order valence-corrected chi connectivity index (χ0v) is 9.21. The van der Waals surface area contributed by atoms with Crippen LogP contribution in [-0.4, -0.2) is 32.9 Å². The summed E-state index contributed by atoms with van der Waals surface area (Å²) in [7, 11) is 1.74. The number of nitrogens with one attached hydrogen (secondary N) is 1. The Morgan fingerprint density at radius 2 is 2.50 bits per heavy atom. The van der Waals surface area contributed by atoms with Crippen molar-refractivity contribution in [3.05, 3.63) is 11.8 Å². The lowest BCUT2D eigenvalue weighted by atomic mass is 10.0. The summed E-state index contributed by atoms with van der Waals surface area (Å²) in [6, 6.07) is 0.334. The zero-order chi connectivity index (χ0) is 10.2. The van der Waals surface area contributed by atoms with E-state index in [2.05, 4.69) is 12.2 Å². The van der Waals surface area contributed by atoms with Crippen molar-refractivity contribution in [3.63, 3.8) is 0 Å². The van der Waals surface area contributed by atoms with Gasteiger partial charge in [0.25, 0.3) is 0 Å². The molecular weight excluding hydrogens is 178 g/mol. The summed E-state index contributed by atoms with van der Waals surface area (Å²) in [5.41, 5.74) is 1.34. The van der Waals surface area contributed by atoms with Crippen LogP contribution in [0, 0.1) is 0 Å². The molecule has 3 nitrogen and oxygen atoms in total. The fourth-order valence-electron chi connectivity index (χ4n) is 1.62. The van der Waals surface area contributed by atoms with Crippen LogP contribution in [0.25, 0.3) is 0 Å². The molecular formula is C11H21NO2. The average molecular weight is 199 g/mol. The Hall–Kier alpha value is -0.540. The lowest BCUT2D eigenvalue weighted by Gasteiger charge is -2.23. The van der Waals surface area contributed by atoms with Crippen LogP contribution in [0.2, 0.25) is 0 Å².